The molecule has 0 saturated heterocycles. The maximum absolute atomic E-state index is 12.5. The minimum Gasteiger partial charge on any atom is -0.349 e. The van der Waals surface area contributed by atoms with E-state index in [0.717, 1.165) is 16.7 Å². The normalized spacial score (nSPS) is 16.0. The number of aryl methyl sites for hydroxylation is 2. The molecule has 0 fully saturated rings. The molecule has 0 bridgehead atoms. The van der Waals surface area contributed by atoms with Crippen LogP contribution in [0.15, 0.2) is 45.1 Å². The molecule has 1 aromatic carbocycles. The summed E-state index contributed by atoms with van der Waals surface area (Å²) in [5, 5.41) is 3.14. The van der Waals surface area contributed by atoms with E-state index >= 15 is 0 Å². The van der Waals surface area contributed by atoms with Crippen LogP contribution in [0.1, 0.15) is 30.9 Å². The van der Waals surface area contributed by atoms with Gasteiger partial charge in [-0.15, -0.1) is 11.8 Å². The Morgan fingerprint density at radius 1 is 1.24 bits per heavy atom. The SMILES string of the molecule is Cn1c(=O)c2c(ncn2CCCC(=O)N[C@H]2CCSc3ccccc32)n(C)c1=O. The molecule has 1 amide bonds. The number of amides is 1. The van der Waals surface area contributed by atoms with Gasteiger partial charge in [-0.3, -0.25) is 18.7 Å². The number of benzene rings is 1. The number of rotatable bonds is 5. The predicted molar refractivity (Wildman–Crippen MR) is 112 cm³/mol. The molecule has 1 N–H and O–H groups in total. The Bertz CT molecular complexity index is 1190. The van der Waals surface area contributed by atoms with Crippen LogP contribution in [0.2, 0.25) is 0 Å². The number of aromatic nitrogens is 4. The van der Waals surface area contributed by atoms with Crippen molar-refractivity contribution < 1.29 is 4.79 Å². The average molecular weight is 414 g/mol. The first kappa shape index (κ1) is 19.5. The van der Waals surface area contributed by atoms with Crippen LogP contribution in [0, 0.1) is 0 Å². The smallest absolute Gasteiger partial charge is 0.332 e. The molecule has 0 unspecified atom stereocenters. The number of carbonyl (C=O) groups excluding carboxylic acids is 1. The van der Waals surface area contributed by atoms with Gasteiger partial charge in [-0.05, 0) is 24.5 Å². The van der Waals surface area contributed by atoms with Gasteiger partial charge in [-0.25, -0.2) is 9.78 Å². The van der Waals surface area contributed by atoms with E-state index in [1.165, 1.54) is 22.1 Å². The molecule has 9 heteroatoms. The molecule has 2 aromatic heterocycles. The van der Waals surface area contributed by atoms with Gasteiger partial charge in [-0.2, -0.15) is 0 Å². The largest absolute Gasteiger partial charge is 0.349 e. The highest BCUT2D eigenvalue weighted by Gasteiger charge is 2.21. The van der Waals surface area contributed by atoms with E-state index in [1.807, 2.05) is 23.9 Å². The fourth-order valence-electron chi connectivity index (χ4n) is 3.73. The molecule has 4 rings (SSSR count). The molecule has 0 spiro atoms. The third-order valence-electron chi connectivity index (χ3n) is 5.31. The summed E-state index contributed by atoms with van der Waals surface area (Å²) in [6.07, 6.45) is 3.41. The van der Waals surface area contributed by atoms with Gasteiger partial charge in [0, 0.05) is 37.7 Å². The van der Waals surface area contributed by atoms with Gasteiger partial charge in [0.2, 0.25) is 5.91 Å². The van der Waals surface area contributed by atoms with Crippen LogP contribution in [-0.4, -0.2) is 30.3 Å². The molecular weight excluding hydrogens is 390 g/mol. The Hall–Kier alpha value is -2.81. The van der Waals surface area contributed by atoms with Crippen molar-refractivity contribution in [3.8, 4) is 0 Å². The van der Waals surface area contributed by atoms with Gasteiger partial charge >= 0.3 is 5.69 Å². The van der Waals surface area contributed by atoms with Crippen molar-refractivity contribution in [1.82, 2.24) is 24.0 Å². The quantitative estimate of drug-likeness (QED) is 0.686. The number of thioether (sulfide) groups is 1. The van der Waals surface area contributed by atoms with Crippen LogP contribution in [0.25, 0.3) is 11.2 Å². The third kappa shape index (κ3) is 3.62. The van der Waals surface area contributed by atoms with Crippen molar-refractivity contribution in [2.75, 3.05) is 5.75 Å². The lowest BCUT2D eigenvalue weighted by molar-refractivity contribution is -0.122. The number of fused-ring (bicyclic) bond motifs is 2. The lowest BCUT2D eigenvalue weighted by Crippen LogP contribution is -2.37. The van der Waals surface area contributed by atoms with Gasteiger partial charge in [-0.1, -0.05) is 18.2 Å². The fourth-order valence-corrected chi connectivity index (χ4v) is 4.86. The van der Waals surface area contributed by atoms with Gasteiger partial charge in [0.25, 0.3) is 5.56 Å². The summed E-state index contributed by atoms with van der Waals surface area (Å²) in [7, 11) is 3.05. The van der Waals surface area contributed by atoms with Crippen molar-refractivity contribution in [2.45, 2.75) is 36.7 Å². The van der Waals surface area contributed by atoms with Crippen LogP contribution >= 0.6 is 11.8 Å². The molecule has 3 heterocycles. The standard InChI is InChI=1S/C20H23N5O3S/c1-23-18-17(19(27)24(2)20(23)28)25(12-21-18)10-5-8-16(26)22-14-9-11-29-15-7-4-3-6-13(14)15/h3-4,6-7,12,14H,5,8-11H2,1-2H3,(H,22,26)/t14-/m0/s1. The van der Waals surface area contributed by atoms with Gasteiger partial charge in [0.05, 0.1) is 12.4 Å². The van der Waals surface area contributed by atoms with Crippen molar-refractivity contribution in [3.05, 3.63) is 57.0 Å². The molecule has 1 atom stereocenters. The summed E-state index contributed by atoms with van der Waals surface area (Å²) in [6.45, 7) is 0.481. The van der Waals surface area contributed by atoms with Crippen LogP contribution in [-0.2, 0) is 25.4 Å². The highest BCUT2D eigenvalue weighted by Crippen LogP contribution is 2.35. The maximum atomic E-state index is 12.5. The molecular formula is C20H23N5O3S. The van der Waals surface area contributed by atoms with E-state index < -0.39 is 5.69 Å². The molecule has 152 valence electrons. The van der Waals surface area contributed by atoms with E-state index in [9.17, 15) is 14.4 Å². The van der Waals surface area contributed by atoms with E-state index in [-0.39, 0.29) is 17.5 Å². The molecule has 0 aliphatic carbocycles. The lowest BCUT2D eigenvalue weighted by Gasteiger charge is -2.25. The summed E-state index contributed by atoms with van der Waals surface area (Å²) in [5.41, 5.74) is 1.15. The zero-order chi connectivity index (χ0) is 20.5. The Balaban J connectivity index is 1.42. The van der Waals surface area contributed by atoms with Crippen LogP contribution in [0.5, 0.6) is 0 Å². The molecule has 29 heavy (non-hydrogen) atoms. The number of nitrogens with one attached hydrogen (secondary N) is 1. The first-order chi connectivity index (χ1) is 14.0. The zero-order valence-electron chi connectivity index (χ0n) is 16.4. The summed E-state index contributed by atoms with van der Waals surface area (Å²) >= 11 is 1.82. The molecule has 8 nitrogen and oxygen atoms in total. The minimum absolute atomic E-state index is 0.00132. The van der Waals surface area contributed by atoms with Crippen molar-refractivity contribution in [3.63, 3.8) is 0 Å². The zero-order valence-corrected chi connectivity index (χ0v) is 17.2. The molecule has 3 aromatic rings. The van der Waals surface area contributed by atoms with E-state index in [1.54, 1.807) is 17.9 Å². The number of hydrogen-bond acceptors (Lipinski definition) is 5. The van der Waals surface area contributed by atoms with E-state index in [2.05, 4.69) is 22.4 Å². The first-order valence-electron chi connectivity index (χ1n) is 9.59. The Kier molecular flexibility index (Phi) is 5.31. The third-order valence-corrected chi connectivity index (χ3v) is 6.44. The lowest BCUT2D eigenvalue weighted by atomic mass is 10.0. The minimum atomic E-state index is -0.405. The number of hydrogen-bond donors (Lipinski definition) is 1. The number of imidazole rings is 1. The fraction of sp³-hybridized carbons (Fsp3) is 0.400. The molecule has 0 radical (unpaired) electrons. The summed E-state index contributed by atoms with van der Waals surface area (Å²) < 4.78 is 4.15. The number of carbonyl (C=O) groups is 1. The topological polar surface area (TPSA) is 90.9 Å². The van der Waals surface area contributed by atoms with Gasteiger partial charge in [0.1, 0.15) is 0 Å². The van der Waals surface area contributed by atoms with Crippen LogP contribution in [0.4, 0.5) is 0 Å². The Morgan fingerprint density at radius 2 is 2.03 bits per heavy atom. The van der Waals surface area contributed by atoms with Crippen molar-refractivity contribution in [2.24, 2.45) is 14.1 Å². The first-order valence-corrected chi connectivity index (χ1v) is 10.6. The van der Waals surface area contributed by atoms with E-state index in [4.69, 9.17) is 0 Å². The maximum Gasteiger partial charge on any atom is 0.332 e. The summed E-state index contributed by atoms with van der Waals surface area (Å²) in [4.78, 5) is 42.4. The second-order valence-electron chi connectivity index (χ2n) is 7.21. The summed E-state index contributed by atoms with van der Waals surface area (Å²) in [5.74, 6) is 0.992. The Labute approximate surface area is 171 Å². The monoisotopic (exact) mass is 413 g/mol. The Morgan fingerprint density at radius 3 is 2.86 bits per heavy atom. The van der Waals surface area contributed by atoms with Crippen LogP contribution in [0.3, 0.4) is 0 Å². The van der Waals surface area contributed by atoms with Crippen molar-refractivity contribution in [1.29, 1.82) is 0 Å². The molecule has 1 aliphatic heterocycles. The van der Waals surface area contributed by atoms with Gasteiger partial charge < -0.3 is 9.88 Å². The van der Waals surface area contributed by atoms with Crippen LogP contribution < -0.4 is 16.6 Å². The van der Waals surface area contributed by atoms with E-state index in [0.29, 0.717) is 30.6 Å². The van der Waals surface area contributed by atoms with Crippen molar-refractivity contribution >= 4 is 28.8 Å². The molecule has 0 saturated carbocycles. The average Bonchev–Trinajstić information content (AvgIpc) is 3.15. The number of nitrogens with zero attached hydrogens (tertiary/aromatic N) is 4. The highest BCUT2D eigenvalue weighted by atomic mass is 32.2. The van der Waals surface area contributed by atoms with Gasteiger partial charge in [0.15, 0.2) is 11.2 Å². The summed E-state index contributed by atoms with van der Waals surface area (Å²) in [6, 6.07) is 8.24. The predicted octanol–water partition coefficient (Wildman–Crippen LogP) is 1.57. The second-order valence-corrected chi connectivity index (χ2v) is 8.35. The highest BCUT2D eigenvalue weighted by molar-refractivity contribution is 7.99. The molecule has 1 aliphatic rings. The second kappa shape index (κ2) is 7.90.